The van der Waals surface area contributed by atoms with Crippen molar-refractivity contribution in [3.63, 3.8) is 0 Å². The molecule has 0 saturated carbocycles. The molecule has 0 fully saturated rings. The second-order valence-corrected chi connectivity index (χ2v) is 21.8. The SMILES string of the molecule is CCCCCCCCCCCCCCCCCC(=O)OCC(CCC)(COC(=O)CCCCCCCCCCCCCCCCC)COP(=S)(N(CC)CC)N(CC)CC. The van der Waals surface area contributed by atoms with E-state index < -0.39 is 12.0 Å². The van der Waals surface area contributed by atoms with Crippen LogP contribution >= 0.6 is 6.57 Å². The van der Waals surface area contributed by atoms with Gasteiger partial charge in [0.15, 0.2) is 0 Å². The Kier molecular flexibility index (Phi) is 42.0. The average molecular weight is 887 g/mol. The molecule has 0 aliphatic heterocycles. The molecule has 0 radical (unpaired) electrons. The first kappa shape index (κ1) is 59.5. The van der Waals surface area contributed by atoms with Gasteiger partial charge in [0, 0.05) is 39.0 Å². The molecule has 0 unspecified atom stereocenters. The van der Waals surface area contributed by atoms with Gasteiger partial charge >= 0.3 is 11.9 Å². The topological polar surface area (TPSA) is 68.3 Å². The zero-order valence-electron chi connectivity index (χ0n) is 41.3. The van der Waals surface area contributed by atoms with Crippen LogP contribution in [-0.4, -0.2) is 67.3 Å². The van der Waals surface area contributed by atoms with Gasteiger partial charge in [-0.15, -0.1) is 0 Å². The fourth-order valence-corrected chi connectivity index (χ4v) is 12.6. The van der Waals surface area contributed by atoms with E-state index in [0.717, 1.165) is 64.7 Å². The molecule has 0 bridgehead atoms. The first-order valence-electron chi connectivity index (χ1n) is 26.3. The number of ether oxygens (including phenoxy) is 2. The Hall–Kier alpha value is -0.530. The Balaban J connectivity index is 4.94. The summed E-state index contributed by atoms with van der Waals surface area (Å²) in [6, 6.07) is 0. The highest BCUT2D eigenvalue weighted by molar-refractivity contribution is 8.09. The van der Waals surface area contributed by atoms with Crippen LogP contribution in [-0.2, 0) is 35.4 Å². The van der Waals surface area contributed by atoms with Crippen LogP contribution in [0.5, 0.6) is 0 Å². The molecule has 0 amide bonds. The fourth-order valence-electron chi connectivity index (χ4n) is 8.49. The molecule has 0 aromatic rings. The lowest BCUT2D eigenvalue weighted by atomic mass is 9.86. The van der Waals surface area contributed by atoms with E-state index in [0.29, 0.717) is 19.4 Å². The maximum atomic E-state index is 13.1. The summed E-state index contributed by atoms with van der Waals surface area (Å²) in [5.41, 5.74) is -0.644. The van der Waals surface area contributed by atoms with Crippen molar-refractivity contribution in [2.75, 3.05) is 46.0 Å². The summed E-state index contributed by atoms with van der Waals surface area (Å²) >= 11 is 6.39. The number of carbonyl (C=O) groups excluding carboxylic acids is 2. The second kappa shape index (κ2) is 42.4. The molecule has 0 spiro atoms. The highest BCUT2D eigenvalue weighted by Crippen LogP contribution is 2.55. The minimum Gasteiger partial charge on any atom is -0.465 e. The van der Waals surface area contributed by atoms with Crippen LogP contribution in [0, 0.1) is 5.41 Å². The van der Waals surface area contributed by atoms with E-state index >= 15 is 0 Å². The van der Waals surface area contributed by atoms with Gasteiger partial charge in [0.1, 0.15) is 13.2 Å². The molecule has 0 heterocycles. The van der Waals surface area contributed by atoms with Gasteiger partial charge in [0.2, 0.25) is 6.57 Å². The zero-order valence-corrected chi connectivity index (χ0v) is 43.0. The van der Waals surface area contributed by atoms with Gasteiger partial charge in [-0.05, 0) is 31.1 Å². The van der Waals surface area contributed by atoms with Crippen LogP contribution in [0.25, 0.3) is 0 Å². The van der Waals surface area contributed by atoms with Gasteiger partial charge < -0.3 is 14.0 Å². The Bertz CT molecular complexity index is 942. The number of esters is 2. The summed E-state index contributed by atoms with van der Waals surface area (Å²) in [5, 5.41) is 0. The molecule has 0 N–H and O–H groups in total. The molecule has 0 rings (SSSR count). The molecular weight excluding hydrogens is 784 g/mol. The number of rotatable bonds is 47. The summed E-state index contributed by atoms with van der Waals surface area (Å²) in [5.74, 6) is -0.331. The Morgan fingerprint density at radius 3 is 0.917 bits per heavy atom. The van der Waals surface area contributed by atoms with E-state index in [1.165, 1.54) is 167 Å². The predicted molar refractivity (Wildman–Crippen MR) is 264 cm³/mol. The minimum absolute atomic E-state index is 0.166. The van der Waals surface area contributed by atoms with Crippen LogP contribution in [0.3, 0.4) is 0 Å². The average Bonchev–Trinajstić information content (AvgIpc) is 3.25. The van der Waals surface area contributed by atoms with Crippen molar-refractivity contribution < 1.29 is 23.6 Å². The van der Waals surface area contributed by atoms with Crippen molar-refractivity contribution in [1.82, 2.24) is 9.34 Å². The van der Waals surface area contributed by atoms with Gasteiger partial charge in [0.25, 0.3) is 0 Å². The van der Waals surface area contributed by atoms with Crippen LogP contribution in [0.2, 0.25) is 0 Å². The van der Waals surface area contributed by atoms with Crippen LogP contribution in [0.4, 0.5) is 0 Å². The molecule has 0 aromatic carbocycles. The molecule has 358 valence electrons. The summed E-state index contributed by atoms with van der Waals surface area (Å²) < 4.78 is 23.5. The number of hydrogen-bond acceptors (Lipinski definition) is 6. The maximum Gasteiger partial charge on any atom is 0.305 e. The minimum atomic E-state index is -2.53. The summed E-state index contributed by atoms with van der Waals surface area (Å²) in [6.07, 6.45) is 41.3. The lowest BCUT2D eigenvalue weighted by Gasteiger charge is -2.43. The molecule has 0 aromatic heterocycles. The van der Waals surface area contributed by atoms with Gasteiger partial charge in [-0.1, -0.05) is 235 Å². The standard InChI is InChI=1S/C51H103N2O5PS/c1-8-15-17-19-21-23-25-27-29-31-33-35-37-39-41-43-49(54)56-46-51(45-10-3,48-58-59(60,52(11-4)12-5)53(13-6)14-7)47-57-50(55)44-42-40-38-36-34-32-30-28-26-24-22-20-18-16-9-2/h8-48H2,1-7H3. The fraction of sp³-hybridized carbons (Fsp3) is 0.961. The maximum absolute atomic E-state index is 13.1. The molecule has 0 saturated heterocycles. The van der Waals surface area contributed by atoms with Gasteiger partial charge in [-0.2, -0.15) is 0 Å². The second-order valence-electron chi connectivity index (χ2n) is 18.0. The van der Waals surface area contributed by atoms with Crippen molar-refractivity contribution in [3.05, 3.63) is 0 Å². The smallest absolute Gasteiger partial charge is 0.305 e. The molecule has 9 heteroatoms. The lowest BCUT2D eigenvalue weighted by molar-refractivity contribution is -0.156. The first-order valence-corrected chi connectivity index (χ1v) is 28.9. The van der Waals surface area contributed by atoms with Crippen molar-refractivity contribution >= 4 is 30.3 Å². The number of unbranched alkanes of at least 4 members (excludes halogenated alkanes) is 28. The Morgan fingerprint density at radius 1 is 0.400 bits per heavy atom. The highest BCUT2D eigenvalue weighted by atomic mass is 32.5. The number of nitrogens with zero attached hydrogens (tertiary/aromatic N) is 2. The molecular formula is C51H103N2O5PS. The van der Waals surface area contributed by atoms with E-state index in [1.54, 1.807) is 0 Å². The van der Waals surface area contributed by atoms with Gasteiger partial charge in [-0.25, -0.2) is 9.34 Å². The van der Waals surface area contributed by atoms with E-state index in [9.17, 15) is 9.59 Å². The quantitative estimate of drug-likeness (QED) is 0.0340. The molecule has 0 aliphatic carbocycles. The summed E-state index contributed by atoms with van der Waals surface area (Å²) in [6.45, 7) is 16.6. The van der Waals surface area contributed by atoms with Crippen molar-refractivity contribution in [3.8, 4) is 0 Å². The lowest BCUT2D eigenvalue weighted by Crippen LogP contribution is -2.41. The molecule has 7 nitrogen and oxygen atoms in total. The van der Waals surface area contributed by atoms with E-state index in [2.05, 4.69) is 57.8 Å². The summed E-state index contributed by atoms with van der Waals surface area (Å²) in [4.78, 5) is 26.3. The van der Waals surface area contributed by atoms with Crippen LogP contribution in [0.1, 0.15) is 267 Å². The zero-order chi connectivity index (χ0) is 44.4. The van der Waals surface area contributed by atoms with Crippen molar-refractivity contribution in [1.29, 1.82) is 0 Å². The molecule has 0 atom stereocenters. The van der Waals surface area contributed by atoms with Gasteiger partial charge in [0.05, 0.1) is 12.0 Å². The first-order chi connectivity index (χ1) is 29.2. The third kappa shape index (κ3) is 31.3. The highest BCUT2D eigenvalue weighted by Gasteiger charge is 2.39. The van der Waals surface area contributed by atoms with E-state index in [-0.39, 0.29) is 25.2 Å². The van der Waals surface area contributed by atoms with Crippen LogP contribution in [0.15, 0.2) is 0 Å². The number of carbonyl (C=O) groups is 2. The van der Waals surface area contributed by atoms with Crippen LogP contribution < -0.4 is 0 Å². The predicted octanol–water partition coefficient (Wildman–Crippen LogP) is 16.3. The normalized spacial score (nSPS) is 12.2. The Labute approximate surface area is 379 Å². The number of hydrogen-bond donors (Lipinski definition) is 0. The van der Waals surface area contributed by atoms with Crippen molar-refractivity contribution in [2.24, 2.45) is 5.41 Å². The van der Waals surface area contributed by atoms with E-state index in [1.807, 2.05) is 0 Å². The van der Waals surface area contributed by atoms with Gasteiger partial charge in [-0.3, -0.25) is 9.59 Å². The monoisotopic (exact) mass is 887 g/mol. The van der Waals surface area contributed by atoms with Crippen molar-refractivity contribution in [2.45, 2.75) is 267 Å². The summed E-state index contributed by atoms with van der Waals surface area (Å²) in [7, 11) is 0. The third-order valence-corrected chi connectivity index (χ3v) is 17.3. The largest absolute Gasteiger partial charge is 0.465 e. The molecule has 60 heavy (non-hydrogen) atoms. The molecule has 0 aliphatic rings. The van der Waals surface area contributed by atoms with E-state index in [4.69, 9.17) is 25.8 Å². The third-order valence-electron chi connectivity index (χ3n) is 12.5. The Morgan fingerprint density at radius 2 is 0.667 bits per heavy atom.